The van der Waals surface area contributed by atoms with Gasteiger partial charge in [0.05, 0.1) is 0 Å². The average Bonchev–Trinajstić information content (AvgIpc) is 3.12. The maximum absolute atomic E-state index is 6.07. The lowest BCUT2D eigenvalue weighted by Gasteiger charge is -2.29. The van der Waals surface area contributed by atoms with E-state index >= 15 is 0 Å². The molecule has 3 nitrogen and oxygen atoms in total. The summed E-state index contributed by atoms with van der Waals surface area (Å²) >= 11 is 0. The lowest BCUT2D eigenvalue weighted by atomic mass is 10.0. The van der Waals surface area contributed by atoms with Gasteiger partial charge >= 0.3 is 0 Å². The Morgan fingerprint density at radius 3 is 2.50 bits per heavy atom. The number of nitrogens with zero attached hydrogens (tertiary/aromatic N) is 2. The molecule has 2 unspecified atom stereocenters. The molecule has 2 N–H and O–H groups in total. The lowest BCUT2D eigenvalue weighted by Crippen LogP contribution is -2.38. The van der Waals surface area contributed by atoms with E-state index in [1.807, 2.05) is 0 Å². The van der Waals surface area contributed by atoms with Gasteiger partial charge in [0, 0.05) is 31.7 Å². The Labute approximate surface area is 122 Å². The Hall–Kier alpha value is -0.900. The molecule has 20 heavy (non-hydrogen) atoms. The van der Waals surface area contributed by atoms with E-state index in [1.54, 1.807) is 0 Å². The molecular weight excluding hydrogens is 246 g/mol. The van der Waals surface area contributed by atoms with Crippen molar-refractivity contribution in [1.82, 2.24) is 9.80 Å². The van der Waals surface area contributed by atoms with E-state index in [9.17, 15) is 0 Å². The predicted molar refractivity (Wildman–Crippen MR) is 83.8 cm³/mol. The summed E-state index contributed by atoms with van der Waals surface area (Å²) in [5.74, 6) is 0. The highest BCUT2D eigenvalue weighted by Crippen LogP contribution is 2.28. The summed E-state index contributed by atoms with van der Waals surface area (Å²) < 4.78 is 0. The summed E-state index contributed by atoms with van der Waals surface area (Å²) in [6, 6.07) is 10.0. The summed E-state index contributed by atoms with van der Waals surface area (Å²) in [5, 5.41) is 0. The fraction of sp³-hybridized carbons (Fsp3) is 0.647. The van der Waals surface area contributed by atoms with E-state index in [0.29, 0.717) is 6.04 Å². The molecule has 0 aromatic heterocycles. The minimum absolute atomic E-state index is 0.392. The van der Waals surface area contributed by atoms with Crippen molar-refractivity contribution in [3.8, 4) is 0 Å². The Morgan fingerprint density at radius 1 is 1.15 bits per heavy atom. The third kappa shape index (κ3) is 2.90. The number of nitrogens with two attached hydrogens (primary N) is 1. The van der Waals surface area contributed by atoms with Crippen molar-refractivity contribution in [2.45, 2.75) is 38.3 Å². The zero-order valence-corrected chi connectivity index (χ0v) is 12.6. The second kappa shape index (κ2) is 6.25. The van der Waals surface area contributed by atoms with Gasteiger partial charge in [-0.05, 0) is 44.8 Å². The molecule has 0 aliphatic carbocycles. The van der Waals surface area contributed by atoms with Crippen LogP contribution in [0.3, 0.4) is 0 Å². The van der Waals surface area contributed by atoms with Crippen LogP contribution >= 0.6 is 0 Å². The highest BCUT2D eigenvalue weighted by molar-refractivity contribution is 5.24. The fourth-order valence-corrected chi connectivity index (χ4v) is 3.74. The first-order valence-electron chi connectivity index (χ1n) is 8.02. The SMILES string of the molecule is Cc1ccc(C(CN)N2CCC(N3CCCC3)C2)cc1. The van der Waals surface area contributed by atoms with E-state index in [1.165, 1.54) is 56.6 Å². The van der Waals surface area contributed by atoms with Crippen LogP contribution in [0.25, 0.3) is 0 Å². The lowest BCUT2D eigenvalue weighted by molar-refractivity contribution is 0.203. The molecule has 0 saturated carbocycles. The molecule has 1 aromatic rings. The Bertz CT molecular complexity index is 422. The molecule has 0 amide bonds. The second-order valence-corrected chi connectivity index (χ2v) is 6.34. The van der Waals surface area contributed by atoms with Gasteiger partial charge in [0.2, 0.25) is 0 Å². The molecule has 2 atom stereocenters. The highest BCUT2D eigenvalue weighted by Gasteiger charge is 2.32. The number of benzene rings is 1. The molecule has 2 heterocycles. The van der Waals surface area contributed by atoms with Crippen LogP contribution in [0.2, 0.25) is 0 Å². The molecule has 2 aliphatic rings. The molecular formula is C17H27N3. The zero-order chi connectivity index (χ0) is 13.9. The molecule has 0 radical (unpaired) electrons. The molecule has 1 aromatic carbocycles. The van der Waals surface area contributed by atoms with Gasteiger partial charge in [-0.15, -0.1) is 0 Å². The fourth-order valence-electron chi connectivity index (χ4n) is 3.74. The van der Waals surface area contributed by atoms with E-state index < -0.39 is 0 Å². The standard InChI is InChI=1S/C17H27N3/c1-14-4-6-15(7-5-14)17(12-18)20-11-8-16(13-20)19-9-2-3-10-19/h4-7,16-17H,2-3,8-13,18H2,1H3. The number of hydrogen-bond donors (Lipinski definition) is 1. The number of hydrogen-bond acceptors (Lipinski definition) is 3. The topological polar surface area (TPSA) is 32.5 Å². The first-order valence-corrected chi connectivity index (χ1v) is 8.02. The first-order chi connectivity index (χ1) is 9.78. The van der Waals surface area contributed by atoms with E-state index in [2.05, 4.69) is 41.0 Å². The zero-order valence-electron chi connectivity index (χ0n) is 12.6. The third-order valence-corrected chi connectivity index (χ3v) is 4.98. The van der Waals surface area contributed by atoms with Crippen molar-refractivity contribution in [2.24, 2.45) is 5.73 Å². The quantitative estimate of drug-likeness (QED) is 0.912. The van der Waals surface area contributed by atoms with Crippen molar-refractivity contribution in [2.75, 3.05) is 32.7 Å². The van der Waals surface area contributed by atoms with Crippen molar-refractivity contribution in [1.29, 1.82) is 0 Å². The van der Waals surface area contributed by atoms with Crippen LogP contribution in [0.15, 0.2) is 24.3 Å². The molecule has 110 valence electrons. The van der Waals surface area contributed by atoms with Gasteiger partial charge < -0.3 is 5.73 Å². The minimum Gasteiger partial charge on any atom is -0.329 e. The van der Waals surface area contributed by atoms with E-state index in [0.717, 1.165) is 12.6 Å². The van der Waals surface area contributed by atoms with Gasteiger partial charge in [-0.1, -0.05) is 29.8 Å². The summed E-state index contributed by atoms with van der Waals surface area (Å²) in [4.78, 5) is 5.27. The van der Waals surface area contributed by atoms with Gasteiger partial charge in [0.15, 0.2) is 0 Å². The third-order valence-electron chi connectivity index (χ3n) is 4.98. The molecule has 0 spiro atoms. The molecule has 3 rings (SSSR count). The molecule has 2 fully saturated rings. The molecule has 0 bridgehead atoms. The van der Waals surface area contributed by atoms with Gasteiger partial charge in [0.1, 0.15) is 0 Å². The van der Waals surface area contributed by atoms with E-state index in [4.69, 9.17) is 5.73 Å². The highest BCUT2D eigenvalue weighted by atomic mass is 15.3. The normalized spacial score (nSPS) is 26.2. The molecule has 2 saturated heterocycles. The van der Waals surface area contributed by atoms with Gasteiger partial charge in [0.25, 0.3) is 0 Å². The Balaban J connectivity index is 1.66. The van der Waals surface area contributed by atoms with Crippen LogP contribution in [0.5, 0.6) is 0 Å². The Kier molecular flexibility index (Phi) is 4.39. The summed E-state index contributed by atoms with van der Waals surface area (Å²) in [5.41, 5.74) is 8.76. The van der Waals surface area contributed by atoms with Crippen LogP contribution in [0, 0.1) is 6.92 Å². The maximum Gasteiger partial charge on any atom is 0.0471 e. The molecule has 2 aliphatic heterocycles. The van der Waals surface area contributed by atoms with Crippen LogP contribution in [0.4, 0.5) is 0 Å². The monoisotopic (exact) mass is 273 g/mol. The van der Waals surface area contributed by atoms with E-state index in [-0.39, 0.29) is 0 Å². The maximum atomic E-state index is 6.07. The number of rotatable bonds is 4. The number of likely N-dealkylation sites (tertiary alicyclic amines) is 2. The average molecular weight is 273 g/mol. The van der Waals surface area contributed by atoms with Crippen molar-refractivity contribution >= 4 is 0 Å². The van der Waals surface area contributed by atoms with Crippen molar-refractivity contribution in [3.63, 3.8) is 0 Å². The van der Waals surface area contributed by atoms with Crippen molar-refractivity contribution in [3.05, 3.63) is 35.4 Å². The minimum atomic E-state index is 0.392. The Morgan fingerprint density at radius 2 is 1.85 bits per heavy atom. The van der Waals surface area contributed by atoms with Crippen LogP contribution in [-0.4, -0.2) is 48.6 Å². The molecule has 3 heteroatoms. The summed E-state index contributed by atoms with van der Waals surface area (Å²) in [6.07, 6.45) is 4.08. The van der Waals surface area contributed by atoms with Crippen LogP contribution in [-0.2, 0) is 0 Å². The smallest absolute Gasteiger partial charge is 0.0471 e. The summed E-state index contributed by atoms with van der Waals surface area (Å²) in [6.45, 7) is 7.84. The van der Waals surface area contributed by atoms with Gasteiger partial charge in [-0.3, -0.25) is 9.80 Å². The predicted octanol–water partition coefficient (Wildman–Crippen LogP) is 2.16. The van der Waals surface area contributed by atoms with Crippen molar-refractivity contribution < 1.29 is 0 Å². The van der Waals surface area contributed by atoms with Crippen LogP contribution < -0.4 is 5.73 Å². The summed E-state index contributed by atoms with van der Waals surface area (Å²) in [7, 11) is 0. The van der Waals surface area contributed by atoms with Gasteiger partial charge in [-0.25, -0.2) is 0 Å². The number of aryl methyl sites for hydroxylation is 1. The first kappa shape index (κ1) is 14.1. The second-order valence-electron chi connectivity index (χ2n) is 6.34. The van der Waals surface area contributed by atoms with Gasteiger partial charge in [-0.2, -0.15) is 0 Å². The largest absolute Gasteiger partial charge is 0.329 e. The van der Waals surface area contributed by atoms with Crippen LogP contribution in [0.1, 0.15) is 36.4 Å².